The second kappa shape index (κ2) is 8.34. The van der Waals surface area contributed by atoms with Crippen LogP contribution < -0.4 is 15.4 Å². The largest absolute Gasteiger partial charge is 0.494 e. The number of benzene rings is 2. The number of nitrogens with one attached hydrogen (secondary N) is 2. The summed E-state index contributed by atoms with van der Waals surface area (Å²) in [5, 5.41) is 6.64. The first-order valence-corrected chi connectivity index (χ1v) is 8.85. The number of aromatic nitrogens is 2. The summed E-state index contributed by atoms with van der Waals surface area (Å²) in [6.45, 7) is 6.76. The molecule has 0 aliphatic heterocycles. The lowest BCUT2D eigenvalue weighted by molar-refractivity contribution is 0.340. The van der Waals surface area contributed by atoms with Crippen LogP contribution in [0.3, 0.4) is 0 Å². The highest BCUT2D eigenvalue weighted by Gasteiger charge is 2.08. The van der Waals surface area contributed by atoms with Crippen molar-refractivity contribution in [2.24, 2.45) is 0 Å². The smallest absolute Gasteiger partial charge is 0.225 e. The van der Waals surface area contributed by atoms with E-state index < -0.39 is 0 Å². The summed E-state index contributed by atoms with van der Waals surface area (Å²) in [5.41, 5.74) is 2.87. The van der Waals surface area contributed by atoms with Gasteiger partial charge in [0.2, 0.25) is 5.95 Å². The van der Waals surface area contributed by atoms with Crippen molar-refractivity contribution in [2.75, 3.05) is 17.2 Å². The summed E-state index contributed by atoms with van der Waals surface area (Å²) >= 11 is 0. The summed E-state index contributed by atoms with van der Waals surface area (Å²) < 4.78 is 5.49. The lowest BCUT2D eigenvalue weighted by atomic mass is 10.1. The molecule has 0 bridgehead atoms. The van der Waals surface area contributed by atoms with Gasteiger partial charge in [0.15, 0.2) is 0 Å². The normalized spacial score (nSPS) is 10.6. The molecule has 0 saturated carbocycles. The molecule has 1 heterocycles. The van der Waals surface area contributed by atoms with E-state index in [9.17, 15) is 0 Å². The predicted molar refractivity (Wildman–Crippen MR) is 107 cm³/mol. The molecule has 0 amide bonds. The van der Waals surface area contributed by atoms with Gasteiger partial charge in [0.05, 0.1) is 12.3 Å². The van der Waals surface area contributed by atoms with Gasteiger partial charge in [-0.1, -0.05) is 30.3 Å². The first kappa shape index (κ1) is 17.7. The van der Waals surface area contributed by atoms with Crippen LogP contribution in [0.15, 0.2) is 60.7 Å². The molecule has 134 valence electrons. The molecule has 0 radical (unpaired) electrons. The van der Waals surface area contributed by atoms with Crippen LogP contribution in [0.1, 0.15) is 20.8 Å². The minimum absolute atomic E-state index is 0.249. The topological polar surface area (TPSA) is 59.1 Å². The van der Waals surface area contributed by atoms with Crippen molar-refractivity contribution >= 4 is 17.5 Å². The van der Waals surface area contributed by atoms with E-state index in [0.717, 1.165) is 28.5 Å². The second-order valence-corrected chi connectivity index (χ2v) is 6.21. The van der Waals surface area contributed by atoms with Gasteiger partial charge in [-0.05, 0) is 45.0 Å². The van der Waals surface area contributed by atoms with Gasteiger partial charge in [-0.3, -0.25) is 0 Å². The molecule has 0 aliphatic carbocycles. The SMILES string of the molecule is CCOc1ccc(Nc2cc(-c3ccccc3)nc(NC(C)C)n2)cc1. The Kier molecular flexibility index (Phi) is 5.69. The molecule has 2 aromatic carbocycles. The molecule has 0 spiro atoms. The monoisotopic (exact) mass is 348 g/mol. The first-order valence-electron chi connectivity index (χ1n) is 8.85. The van der Waals surface area contributed by atoms with Crippen molar-refractivity contribution in [3.8, 4) is 17.0 Å². The quantitative estimate of drug-likeness (QED) is 0.621. The molecule has 5 nitrogen and oxygen atoms in total. The zero-order chi connectivity index (χ0) is 18.4. The third-order valence-electron chi connectivity index (χ3n) is 3.65. The third kappa shape index (κ3) is 4.72. The Morgan fingerprint density at radius 3 is 2.35 bits per heavy atom. The molecule has 3 rings (SSSR count). The Morgan fingerprint density at radius 2 is 1.69 bits per heavy atom. The molecule has 0 atom stereocenters. The summed E-state index contributed by atoms with van der Waals surface area (Å²) in [6.07, 6.45) is 0. The summed E-state index contributed by atoms with van der Waals surface area (Å²) in [5.74, 6) is 2.20. The van der Waals surface area contributed by atoms with Crippen LogP contribution >= 0.6 is 0 Å². The highest BCUT2D eigenvalue weighted by molar-refractivity contribution is 5.67. The van der Waals surface area contributed by atoms with Crippen LogP contribution in [-0.4, -0.2) is 22.6 Å². The van der Waals surface area contributed by atoms with Gasteiger partial charge in [0.25, 0.3) is 0 Å². The predicted octanol–water partition coefficient (Wildman–Crippen LogP) is 5.11. The minimum Gasteiger partial charge on any atom is -0.494 e. The maximum atomic E-state index is 5.49. The molecular formula is C21H24N4O. The maximum absolute atomic E-state index is 5.49. The number of rotatable bonds is 7. The molecule has 0 aliphatic rings. The fourth-order valence-corrected chi connectivity index (χ4v) is 2.54. The fourth-order valence-electron chi connectivity index (χ4n) is 2.54. The van der Waals surface area contributed by atoms with Gasteiger partial charge >= 0.3 is 0 Å². The number of nitrogens with zero attached hydrogens (tertiary/aromatic N) is 2. The number of hydrogen-bond donors (Lipinski definition) is 2. The van der Waals surface area contributed by atoms with E-state index in [2.05, 4.69) is 34.4 Å². The lowest BCUT2D eigenvalue weighted by Crippen LogP contribution is -2.13. The molecule has 0 saturated heterocycles. The van der Waals surface area contributed by atoms with Crippen LogP contribution in [-0.2, 0) is 0 Å². The molecule has 0 unspecified atom stereocenters. The molecular weight excluding hydrogens is 324 g/mol. The average Bonchev–Trinajstić information content (AvgIpc) is 2.63. The Labute approximate surface area is 154 Å². The first-order chi connectivity index (χ1) is 12.6. The van der Waals surface area contributed by atoms with Gasteiger partial charge < -0.3 is 15.4 Å². The van der Waals surface area contributed by atoms with Gasteiger partial charge in [-0.15, -0.1) is 0 Å². The lowest BCUT2D eigenvalue weighted by Gasteiger charge is -2.13. The van der Waals surface area contributed by atoms with E-state index in [1.54, 1.807) is 0 Å². The Morgan fingerprint density at radius 1 is 0.962 bits per heavy atom. The fraction of sp³-hybridized carbons (Fsp3) is 0.238. The number of ether oxygens (including phenoxy) is 1. The van der Waals surface area contributed by atoms with Crippen molar-refractivity contribution in [1.29, 1.82) is 0 Å². The zero-order valence-corrected chi connectivity index (χ0v) is 15.4. The second-order valence-electron chi connectivity index (χ2n) is 6.21. The van der Waals surface area contributed by atoms with Crippen LogP contribution in [0.5, 0.6) is 5.75 Å². The van der Waals surface area contributed by atoms with Crippen molar-refractivity contribution < 1.29 is 4.74 Å². The van der Waals surface area contributed by atoms with E-state index in [4.69, 9.17) is 4.74 Å². The maximum Gasteiger partial charge on any atom is 0.225 e. The molecule has 0 fully saturated rings. The average molecular weight is 348 g/mol. The third-order valence-corrected chi connectivity index (χ3v) is 3.65. The number of hydrogen-bond acceptors (Lipinski definition) is 5. The summed E-state index contributed by atoms with van der Waals surface area (Å²) in [7, 11) is 0. The van der Waals surface area contributed by atoms with E-state index in [1.165, 1.54) is 0 Å². The highest BCUT2D eigenvalue weighted by atomic mass is 16.5. The van der Waals surface area contributed by atoms with Gasteiger partial charge in [0.1, 0.15) is 11.6 Å². The van der Waals surface area contributed by atoms with Gasteiger partial charge in [-0.25, -0.2) is 4.98 Å². The summed E-state index contributed by atoms with van der Waals surface area (Å²) in [6, 6.07) is 20.1. The van der Waals surface area contributed by atoms with Crippen molar-refractivity contribution in [3.05, 3.63) is 60.7 Å². The van der Waals surface area contributed by atoms with Crippen molar-refractivity contribution in [2.45, 2.75) is 26.8 Å². The molecule has 5 heteroatoms. The van der Waals surface area contributed by atoms with E-state index in [1.807, 2.05) is 67.6 Å². The van der Waals surface area contributed by atoms with Gasteiger partial charge in [-0.2, -0.15) is 4.98 Å². The van der Waals surface area contributed by atoms with Gasteiger partial charge in [0, 0.05) is 23.4 Å². The van der Waals surface area contributed by atoms with Crippen molar-refractivity contribution in [3.63, 3.8) is 0 Å². The molecule has 2 N–H and O–H groups in total. The zero-order valence-electron chi connectivity index (χ0n) is 15.4. The van der Waals surface area contributed by atoms with Crippen LogP contribution in [0.2, 0.25) is 0 Å². The van der Waals surface area contributed by atoms with E-state index in [-0.39, 0.29) is 6.04 Å². The minimum atomic E-state index is 0.249. The van der Waals surface area contributed by atoms with E-state index >= 15 is 0 Å². The van der Waals surface area contributed by atoms with Crippen LogP contribution in [0.25, 0.3) is 11.3 Å². The van der Waals surface area contributed by atoms with Crippen LogP contribution in [0, 0.1) is 0 Å². The standard InChI is InChI=1S/C21H24N4O/c1-4-26-18-12-10-17(11-13-18)23-20-14-19(16-8-6-5-7-9-16)24-21(25-20)22-15(2)3/h5-15H,4H2,1-3H3,(H2,22,23,24,25). The molecule has 3 aromatic rings. The Hall–Kier alpha value is -3.08. The summed E-state index contributed by atoms with van der Waals surface area (Å²) in [4.78, 5) is 9.23. The van der Waals surface area contributed by atoms with E-state index in [0.29, 0.717) is 12.6 Å². The van der Waals surface area contributed by atoms with Crippen molar-refractivity contribution in [1.82, 2.24) is 9.97 Å². The molecule has 26 heavy (non-hydrogen) atoms. The Bertz CT molecular complexity index is 832. The molecule has 1 aromatic heterocycles. The number of anilines is 3. The van der Waals surface area contributed by atoms with Crippen LogP contribution in [0.4, 0.5) is 17.5 Å². The Balaban J connectivity index is 1.89. The highest BCUT2D eigenvalue weighted by Crippen LogP contribution is 2.24.